The first-order valence-electron chi connectivity index (χ1n) is 11.0. The van der Waals surface area contributed by atoms with E-state index in [9.17, 15) is 13.2 Å². The highest BCUT2D eigenvalue weighted by atomic mass is 19.4. The second kappa shape index (κ2) is 10.7. The minimum atomic E-state index is -4.59. The van der Waals surface area contributed by atoms with E-state index >= 15 is 0 Å². The number of ether oxygens (including phenoxy) is 2. The Morgan fingerprint density at radius 3 is 2.55 bits per heavy atom. The number of alkyl halides is 3. The summed E-state index contributed by atoms with van der Waals surface area (Å²) in [6.45, 7) is 2.48. The predicted molar refractivity (Wildman–Crippen MR) is 114 cm³/mol. The van der Waals surface area contributed by atoms with Gasteiger partial charge in [0, 0.05) is 13.2 Å². The molecule has 0 N–H and O–H groups in total. The van der Waals surface area contributed by atoms with Gasteiger partial charge in [-0.2, -0.15) is 18.2 Å². The highest BCUT2D eigenvalue weighted by molar-refractivity contribution is 5.68. The van der Waals surface area contributed by atoms with Crippen LogP contribution in [0.25, 0.3) is 0 Å². The molecule has 1 aliphatic rings. The van der Waals surface area contributed by atoms with Crippen LogP contribution in [-0.2, 0) is 6.18 Å². The van der Waals surface area contributed by atoms with E-state index in [1.807, 2.05) is 6.07 Å². The summed E-state index contributed by atoms with van der Waals surface area (Å²) in [7, 11) is 1.56. The van der Waals surface area contributed by atoms with Crippen molar-refractivity contribution in [2.75, 3.05) is 18.6 Å². The van der Waals surface area contributed by atoms with Gasteiger partial charge in [-0.25, -0.2) is 4.98 Å². The van der Waals surface area contributed by atoms with Crippen LogP contribution in [0, 0.1) is 0 Å². The zero-order chi connectivity index (χ0) is 22.3. The predicted octanol–water partition coefficient (Wildman–Crippen LogP) is 6.54. The van der Waals surface area contributed by atoms with Gasteiger partial charge in [-0.1, -0.05) is 38.3 Å². The molecule has 1 aliphatic carbocycles. The Morgan fingerprint density at radius 2 is 1.84 bits per heavy atom. The van der Waals surface area contributed by atoms with Crippen LogP contribution in [0.1, 0.15) is 63.9 Å². The molecule has 31 heavy (non-hydrogen) atoms. The Kier molecular flexibility index (Phi) is 7.98. The van der Waals surface area contributed by atoms with E-state index in [-0.39, 0.29) is 17.9 Å². The Bertz CT molecular complexity index is 839. The summed E-state index contributed by atoms with van der Waals surface area (Å²) in [4.78, 5) is 9.32. The normalized spacial score (nSPS) is 14.6. The quantitative estimate of drug-likeness (QED) is 0.395. The molecular formula is C23H30F3N3O2. The number of nitrogens with zero attached hydrogens (tertiary/aromatic N) is 3. The van der Waals surface area contributed by atoms with Crippen LogP contribution in [-0.4, -0.2) is 29.7 Å². The SMILES string of the molecule is CCCCCCOc1ncc(C(F)(F)F)c(N(C)c2ccccc2OC2CCCC2)n1. The van der Waals surface area contributed by atoms with Crippen molar-refractivity contribution in [2.45, 2.75) is 70.6 Å². The fraction of sp³-hybridized carbons (Fsp3) is 0.565. The first kappa shape index (κ1) is 23.2. The Labute approximate surface area is 181 Å². The summed E-state index contributed by atoms with van der Waals surface area (Å²) in [5, 5.41) is 0. The van der Waals surface area contributed by atoms with Crippen LogP contribution in [0.15, 0.2) is 30.5 Å². The molecule has 1 aromatic heterocycles. The summed E-state index contributed by atoms with van der Waals surface area (Å²) in [5.74, 6) is 0.291. The van der Waals surface area contributed by atoms with Gasteiger partial charge in [0.15, 0.2) is 5.82 Å². The minimum Gasteiger partial charge on any atom is -0.488 e. The molecule has 5 nitrogen and oxygen atoms in total. The van der Waals surface area contributed by atoms with Gasteiger partial charge in [0.2, 0.25) is 0 Å². The van der Waals surface area contributed by atoms with E-state index in [0.717, 1.165) is 57.6 Å². The van der Waals surface area contributed by atoms with E-state index in [2.05, 4.69) is 16.9 Å². The van der Waals surface area contributed by atoms with Crippen molar-refractivity contribution in [1.29, 1.82) is 0 Å². The number of rotatable bonds is 10. The van der Waals surface area contributed by atoms with E-state index in [1.165, 1.54) is 4.90 Å². The van der Waals surface area contributed by atoms with E-state index in [1.54, 1.807) is 25.2 Å². The lowest BCUT2D eigenvalue weighted by Crippen LogP contribution is -2.21. The molecule has 1 heterocycles. The van der Waals surface area contributed by atoms with Crippen LogP contribution in [0.4, 0.5) is 24.7 Å². The van der Waals surface area contributed by atoms with Crippen molar-refractivity contribution in [1.82, 2.24) is 9.97 Å². The lowest BCUT2D eigenvalue weighted by atomic mass is 10.2. The van der Waals surface area contributed by atoms with E-state index in [0.29, 0.717) is 18.0 Å². The highest BCUT2D eigenvalue weighted by Gasteiger charge is 2.37. The van der Waals surface area contributed by atoms with E-state index in [4.69, 9.17) is 9.47 Å². The summed E-state index contributed by atoms with van der Waals surface area (Å²) in [6, 6.07) is 7.05. The number of anilines is 2. The molecule has 8 heteroatoms. The van der Waals surface area contributed by atoms with E-state index < -0.39 is 11.7 Å². The average Bonchev–Trinajstić information content (AvgIpc) is 3.26. The number of aromatic nitrogens is 2. The summed E-state index contributed by atoms with van der Waals surface area (Å²) in [5.41, 5.74) is -0.392. The van der Waals surface area contributed by atoms with Gasteiger partial charge in [-0.05, 0) is 44.2 Å². The van der Waals surface area contributed by atoms with Crippen LogP contribution in [0.5, 0.6) is 11.8 Å². The first-order chi connectivity index (χ1) is 14.9. The van der Waals surface area contributed by atoms with Crippen molar-refractivity contribution in [3.8, 4) is 11.8 Å². The number of para-hydroxylation sites is 2. The van der Waals surface area contributed by atoms with Gasteiger partial charge < -0.3 is 14.4 Å². The molecule has 1 fully saturated rings. The minimum absolute atomic E-state index is 0.0551. The largest absolute Gasteiger partial charge is 0.488 e. The molecule has 1 aromatic carbocycles. The van der Waals surface area contributed by atoms with Gasteiger partial charge in [0.1, 0.15) is 11.3 Å². The lowest BCUT2D eigenvalue weighted by Gasteiger charge is -2.25. The average molecular weight is 438 g/mol. The summed E-state index contributed by atoms with van der Waals surface area (Å²) >= 11 is 0. The maximum Gasteiger partial charge on any atom is 0.421 e. The maximum atomic E-state index is 13.7. The van der Waals surface area contributed by atoms with Crippen LogP contribution in [0.2, 0.25) is 0 Å². The molecule has 170 valence electrons. The molecule has 0 unspecified atom stereocenters. The third kappa shape index (κ3) is 6.24. The van der Waals surface area contributed by atoms with Crippen molar-refractivity contribution in [2.24, 2.45) is 0 Å². The molecule has 2 aromatic rings. The third-order valence-corrected chi connectivity index (χ3v) is 5.42. The topological polar surface area (TPSA) is 47.5 Å². The number of halogens is 3. The van der Waals surface area contributed by atoms with Crippen LogP contribution in [0.3, 0.4) is 0 Å². The lowest BCUT2D eigenvalue weighted by molar-refractivity contribution is -0.137. The molecule has 3 rings (SSSR count). The first-order valence-corrected chi connectivity index (χ1v) is 11.0. The summed E-state index contributed by atoms with van der Waals surface area (Å²) < 4.78 is 52.7. The highest BCUT2D eigenvalue weighted by Crippen LogP contribution is 2.40. The molecule has 1 saturated carbocycles. The number of unbranched alkanes of at least 4 members (excludes halogenated alkanes) is 3. The third-order valence-electron chi connectivity index (χ3n) is 5.42. The molecule has 0 bridgehead atoms. The maximum absolute atomic E-state index is 13.7. The van der Waals surface area contributed by atoms with Gasteiger partial charge in [0.05, 0.1) is 18.4 Å². The molecule has 0 saturated heterocycles. The number of hydrogen-bond donors (Lipinski definition) is 0. The fourth-order valence-corrected chi connectivity index (χ4v) is 3.71. The van der Waals surface area contributed by atoms with Gasteiger partial charge in [-0.15, -0.1) is 0 Å². The number of benzene rings is 1. The van der Waals surface area contributed by atoms with Crippen molar-refractivity contribution >= 4 is 11.5 Å². The molecule has 0 spiro atoms. The zero-order valence-corrected chi connectivity index (χ0v) is 18.1. The Hall–Kier alpha value is -2.51. The fourth-order valence-electron chi connectivity index (χ4n) is 3.71. The second-order valence-corrected chi connectivity index (χ2v) is 7.85. The van der Waals surface area contributed by atoms with Crippen molar-refractivity contribution in [3.63, 3.8) is 0 Å². The molecule has 0 amide bonds. The molecule has 0 radical (unpaired) electrons. The Balaban J connectivity index is 1.86. The number of hydrogen-bond acceptors (Lipinski definition) is 5. The monoisotopic (exact) mass is 437 g/mol. The summed E-state index contributed by atoms with van der Waals surface area (Å²) in [6.07, 6.45) is 4.38. The Morgan fingerprint density at radius 1 is 1.10 bits per heavy atom. The van der Waals surface area contributed by atoms with Crippen LogP contribution >= 0.6 is 0 Å². The van der Waals surface area contributed by atoms with Crippen molar-refractivity contribution < 1.29 is 22.6 Å². The van der Waals surface area contributed by atoms with Crippen molar-refractivity contribution in [3.05, 3.63) is 36.0 Å². The standard InChI is InChI=1S/C23H30F3N3O2/c1-3-4-5-10-15-30-22-27-16-18(23(24,25)26)21(28-22)29(2)19-13-8-9-14-20(19)31-17-11-6-7-12-17/h8-9,13-14,16-17H,3-7,10-12,15H2,1-2H3. The zero-order valence-electron chi connectivity index (χ0n) is 18.1. The van der Waals surface area contributed by atoms with Crippen LogP contribution < -0.4 is 14.4 Å². The van der Waals surface area contributed by atoms with Gasteiger partial charge in [0.25, 0.3) is 0 Å². The van der Waals surface area contributed by atoms with Gasteiger partial charge in [-0.3, -0.25) is 0 Å². The second-order valence-electron chi connectivity index (χ2n) is 7.85. The van der Waals surface area contributed by atoms with Gasteiger partial charge >= 0.3 is 12.2 Å². The molecular weight excluding hydrogens is 407 g/mol. The molecule has 0 aliphatic heterocycles. The smallest absolute Gasteiger partial charge is 0.421 e. The molecule has 0 atom stereocenters.